The number of carboxylic acids is 1. The van der Waals surface area contributed by atoms with Gasteiger partial charge in [-0.2, -0.15) is 4.98 Å². The standard InChI is InChI=1S/C22H18ClN3O5/c1-11-4-5-15(8-16(11)23)30-22-24-9-17-21(26-22)31-20(25-17)14-6-12(2)19(13(3)7-14)29-10-18(27)28/h4-9H,10H2,1-3H3,(H,27,28). The number of carbonyl (C=O) groups is 1. The molecule has 31 heavy (non-hydrogen) atoms. The van der Waals surface area contributed by atoms with Crippen molar-refractivity contribution in [3.8, 4) is 29.0 Å². The van der Waals surface area contributed by atoms with Gasteiger partial charge in [-0.05, 0) is 61.7 Å². The van der Waals surface area contributed by atoms with Crippen LogP contribution in [0.15, 0.2) is 40.9 Å². The fourth-order valence-corrected chi connectivity index (χ4v) is 3.24. The predicted octanol–water partition coefficient (Wildman–Crippen LogP) is 5.12. The van der Waals surface area contributed by atoms with Gasteiger partial charge in [-0.1, -0.05) is 17.7 Å². The number of fused-ring (bicyclic) bond motifs is 1. The van der Waals surface area contributed by atoms with Crippen molar-refractivity contribution in [2.45, 2.75) is 20.8 Å². The molecule has 2 aromatic carbocycles. The molecule has 4 rings (SSSR count). The van der Waals surface area contributed by atoms with Gasteiger partial charge >= 0.3 is 12.0 Å². The third kappa shape index (κ3) is 4.44. The minimum atomic E-state index is -1.04. The van der Waals surface area contributed by atoms with Crippen molar-refractivity contribution in [2.75, 3.05) is 6.61 Å². The summed E-state index contributed by atoms with van der Waals surface area (Å²) < 4.78 is 16.9. The highest BCUT2D eigenvalue weighted by molar-refractivity contribution is 6.31. The highest BCUT2D eigenvalue weighted by Crippen LogP contribution is 2.32. The molecule has 0 saturated heterocycles. The van der Waals surface area contributed by atoms with Crippen LogP contribution in [-0.2, 0) is 4.79 Å². The topological polar surface area (TPSA) is 108 Å². The van der Waals surface area contributed by atoms with E-state index in [0.29, 0.717) is 33.5 Å². The SMILES string of the molecule is Cc1ccc(Oc2ncc3nc(-c4cc(C)c(OCC(=O)O)c(C)c4)oc3n2)cc1Cl. The second-order valence-electron chi connectivity index (χ2n) is 7.00. The van der Waals surface area contributed by atoms with E-state index in [1.807, 2.05) is 39.0 Å². The second kappa shape index (κ2) is 8.23. The van der Waals surface area contributed by atoms with E-state index >= 15 is 0 Å². The van der Waals surface area contributed by atoms with Gasteiger partial charge < -0.3 is 19.0 Å². The first kappa shape index (κ1) is 20.6. The van der Waals surface area contributed by atoms with Gasteiger partial charge in [-0.15, -0.1) is 0 Å². The average molecular weight is 440 g/mol. The zero-order chi connectivity index (χ0) is 22.1. The number of hydrogen-bond donors (Lipinski definition) is 1. The average Bonchev–Trinajstić information content (AvgIpc) is 3.13. The highest BCUT2D eigenvalue weighted by Gasteiger charge is 2.15. The Morgan fingerprint density at radius 3 is 2.52 bits per heavy atom. The minimum Gasteiger partial charge on any atom is -0.481 e. The lowest BCUT2D eigenvalue weighted by atomic mass is 10.1. The summed E-state index contributed by atoms with van der Waals surface area (Å²) in [7, 11) is 0. The molecule has 8 nitrogen and oxygen atoms in total. The van der Waals surface area contributed by atoms with Crippen molar-refractivity contribution in [2.24, 2.45) is 0 Å². The van der Waals surface area contributed by atoms with Crippen molar-refractivity contribution in [3.63, 3.8) is 0 Å². The summed E-state index contributed by atoms with van der Waals surface area (Å²) in [5.41, 5.74) is 3.94. The maximum absolute atomic E-state index is 10.8. The molecule has 9 heteroatoms. The summed E-state index contributed by atoms with van der Waals surface area (Å²) in [6, 6.07) is 9.05. The lowest BCUT2D eigenvalue weighted by Crippen LogP contribution is -2.10. The molecule has 0 saturated carbocycles. The minimum absolute atomic E-state index is 0.111. The van der Waals surface area contributed by atoms with E-state index in [-0.39, 0.29) is 11.7 Å². The van der Waals surface area contributed by atoms with Crippen LogP contribution < -0.4 is 9.47 Å². The van der Waals surface area contributed by atoms with Crippen molar-refractivity contribution in [1.82, 2.24) is 15.0 Å². The molecule has 0 atom stereocenters. The van der Waals surface area contributed by atoms with E-state index in [1.165, 1.54) is 6.20 Å². The van der Waals surface area contributed by atoms with Gasteiger partial charge in [0.05, 0.1) is 6.20 Å². The number of aromatic nitrogens is 3. The molecular formula is C22H18ClN3O5. The van der Waals surface area contributed by atoms with E-state index < -0.39 is 12.6 Å². The molecule has 4 aromatic rings. The number of halogens is 1. The first-order valence-corrected chi connectivity index (χ1v) is 9.72. The van der Waals surface area contributed by atoms with Crippen LogP contribution >= 0.6 is 11.6 Å². The summed E-state index contributed by atoms with van der Waals surface area (Å²) in [5, 5.41) is 9.42. The monoisotopic (exact) mass is 439 g/mol. The Morgan fingerprint density at radius 2 is 1.84 bits per heavy atom. The Labute approximate surface area is 182 Å². The number of aryl methyl sites for hydroxylation is 3. The van der Waals surface area contributed by atoms with Gasteiger partial charge in [0.1, 0.15) is 17.0 Å². The molecule has 0 fully saturated rings. The van der Waals surface area contributed by atoms with Gasteiger partial charge in [0, 0.05) is 10.6 Å². The third-order valence-electron chi connectivity index (χ3n) is 4.53. The highest BCUT2D eigenvalue weighted by atomic mass is 35.5. The molecule has 0 amide bonds. The molecule has 2 heterocycles. The molecule has 158 valence electrons. The van der Waals surface area contributed by atoms with Gasteiger partial charge in [0.25, 0.3) is 5.71 Å². The zero-order valence-electron chi connectivity index (χ0n) is 17.0. The number of nitrogens with zero attached hydrogens (tertiary/aromatic N) is 3. The molecule has 0 aliphatic carbocycles. The van der Waals surface area contributed by atoms with E-state index in [9.17, 15) is 4.79 Å². The van der Waals surface area contributed by atoms with Gasteiger partial charge in [0.2, 0.25) is 5.89 Å². The third-order valence-corrected chi connectivity index (χ3v) is 4.94. The maximum Gasteiger partial charge on any atom is 0.341 e. The molecule has 2 aromatic heterocycles. The van der Waals surface area contributed by atoms with Crippen LogP contribution in [-0.4, -0.2) is 32.6 Å². The lowest BCUT2D eigenvalue weighted by molar-refractivity contribution is -0.139. The Bertz CT molecular complexity index is 1280. The quantitative estimate of drug-likeness (QED) is 0.441. The number of rotatable bonds is 6. The normalized spacial score (nSPS) is 11.0. The molecule has 0 aliphatic heterocycles. The van der Waals surface area contributed by atoms with E-state index in [1.54, 1.807) is 12.1 Å². The van der Waals surface area contributed by atoms with E-state index in [0.717, 1.165) is 16.7 Å². The van der Waals surface area contributed by atoms with Crippen LogP contribution in [0, 0.1) is 20.8 Å². The van der Waals surface area contributed by atoms with E-state index in [2.05, 4.69) is 15.0 Å². The molecule has 1 N–H and O–H groups in total. The largest absolute Gasteiger partial charge is 0.481 e. The fourth-order valence-electron chi connectivity index (χ4n) is 3.07. The van der Waals surface area contributed by atoms with Gasteiger partial charge in [-0.25, -0.2) is 14.8 Å². The van der Waals surface area contributed by atoms with Gasteiger partial charge in [-0.3, -0.25) is 0 Å². The number of oxazole rings is 1. The van der Waals surface area contributed by atoms with Crippen LogP contribution in [0.2, 0.25) is 5.02 Å². The molecule has 0 spiro atoms. The van der Waals surface area contributed by atoms with Crippen molar-refractivity contribution in [1.29, 1.82) is 0 Å². The fraction of sp³-hybridized carbons (Fsp3) is 0.182. The van der Waals surface area contributed by atoms with Crippen molar-refractivity contribution >= 4 is 28.8 Å². The smallest absolute Gasteiger partial charge is 0.341 e. The summed E-state index contributed by atoms with van der Waals surface area (Å²) >= 11 is 6.13. The first-order valence-electron chi connectivity index (χ1n) is 9.34. The first-order chi connectivity index (χ1) is 14.8. The number of carboxylic acid groups (broad SMARTS) is 1. The number of aliphatic carboxylic acids is 1. The second-order valence-corrected chi connectivity index (χ2v) is 7.40. The number of ether oxygens (including phenoxy) is 2. The summed E-state index contributed by atoms with van der Waals surface area (Å²) in [6.45, 7) is 5.15. The van der Waals surface area contributed by atoms with Crippen LogP contribution in [0.1, 0.15) is 16.7 Å². The summed E-state index contributed by atoms with van der Waals surface area (Å²) in [4.78, 5) is 23.7. The number of benzene rings is 2. The van der Waals surface area contributed by atoms with Crippen LogP contribution in [0.4, 0.5) is 0 Å². The molecular weight excluding hydrogens is 422 g/mol. The molecule has 0 aliphatic rings. The van der Waals surface area contributed by atoms with Gasteiger partial charge in [0.15, 0.2) is 6.61 Å². The Morgan fingerprint density at radius 1 is 1.10 bits per heavy atom. The summed E-state index contributed by atoms with van der Waals surface area (Å²) in [5.74, 6) is 0.356. The predicted molar refractivity (Wildman–Crippen MR) is 114 cm³/mol. The Hall–Kier alpha value is -3.65. The van der Waals surface area contributed by atoms with Crippen LogP contribution in [0.25, 0.3) is 22.7 Å². The van der Waals surface area contributed by atoms with Crippen LogP contribution in [0.5, 0.6) is 17.5 Å². The summed E-state index contributed by atoms with van der Waals surface area (Å²) in [6.07, 6.45) is 1.52. The van der Waals surface area contributed by atoms with Crippen molar-refractivity contribution in [3.05, 3.63) is 58.2 Å². The molecule has 0 unspecified atom stereocenters. The lowest BCUT2D eigenvalue weighted by Gasteiger charge is -2.11. The molecule has 0 bridgehead atoms. The van der Waals surface area contributed by atoms with Crippen LogP contribution in [0.3, 0.4) is 0 Å². The van der Waals surface area contributed by atoms with Crippen molar-refractivity contribution < 1.29 is 23.8 Å². The number of hydrogen-bond acceptors (Lipinski definition) is 7. The maximum atomic E-state index is 10.8. The van der Waals surface area contributed by atoms with E-state index in [4.69, 9.17) is 30.6 Å². The zero-order valence-corrected chi connectivity index (χ0v) is 17.7. The Balaban J connectivity index is 1.62. The Kier molecular flexibility index (Phi) is 5.48. The molecule has 0 radical (unpaired) electrons.